The van der Waals surface area contributed by atoms with Crippen LogP contribution in [0.15, 0.2) is 36.5 Å². The van der Waals surface area contributed by atoms with Crippen LogP contribution in [0, 0.1) is 0 Å². The summed E-state index contributed by atoms with van der Waals surface area (Å²) >= 11 is 12.0. The van der Waals surface area contributed by atoms with Crippen LogP contribution in [0.25, 0.3) is 0 Å². The lowest BCUT2D eigenvalue weighted by Crippen LogP contribution is -2.26. The van der Waals surface area contributed by atoms with E-state index in [1.165, 1.54) is 12.8 Å². The fourth-order valence-corrected chi connectivity index (χ4v) is 3.29. The quantitative estimate of drug-likeness (QED) is 0.874. The van der Waals surface area contributed by atoms with Gasteiger partial charge >= 0.3 is 0 Å². The van der Waals surface area contributed by atoms with Gasteiger partial charge in [-0.1, -0.05) is 29.3 Å². The number of nitrogens with one attached hydrogen (secondary N) is 1. The van der Waals surface area contributed by atoms with E-state index in [9.17, 15) is 4.79 Å². The highest BCUT2D eigenvalue weighted by molar-refractivity contribution is 6.35. The average Bonchev–Trinajstić information content (AvgIpc) is 3.11. The zero-order valence-electron chi connectivity index (χ0n) is 13.3. The second kappa shape index (κ2) is 7.86. The van der Waals surface area contributed by atoms with Crippen LogP contribution < -0.4 is 10.2 Å². The first-order chi connectivity index (χ1) is 11.6. The summed E-state index contributed by atoms with van der Waals surface area (Å²) in [5.74, 6) is 0.817. The van der Waals surface area contributed by atoms with E-state index in [4.69, 9.17) is 23.2 Å². The van der Waals surface area contributed by atoms with Crippen molar-refractivity contribution in [2.75, 3.05) is 24.5 Å². The number of pyridine rings is 1. The molecule has 0 spiro atoms. The number of anilines is 1. The highest BCUT2D eigenvalue weighted by Gasteiger charge is 2.14. The maximum atomic E-state index is 12.2. The van der Waals surface area contributed by atoms with E-state index in [0.717, 1.165) is 24.5 Å². The molecule has 24 heavy (non-hydrogen) atoms. The highest BCUT2D eigenvalue weighted by atomic mass is 35.5. The number of hydrogen-bond donors (Lipinski definition) is 1. The Morgan fingerprint density at radius 2 is 1.96 bits per heavy atom. The Labute approximate surface area is 151 Å². The summed E-state index contributed by atoms with van der Waals surface area (Å²) in [7, 11) is 0. The number of nitrogens with zero attached hydrogens (tertiary/aromatic N) is 2. The molecule has 2 aromatic rings. The van der Waals surface area contributed by atoms with Gasteiger partial charge in [0.05, 0.1) is 5.56 Å². The number of hydrogen-bond acceptors (Lipinski definition) is 3. The van der Waals surface area contributed by atoms with Crippen LogP contribution in [0.2, 0.25) is 10.0 Å². The van der Waals surface area contributed by atoms with Gasteiger partial charge in [0, 0.05) is 35.9 Å². The highest BCUT2D eigenvalue weighted by Crippen LogP contribution is 2.21. The molecule has 2 heterocycles. The van der Waals surface area contributed by atoms with Gasteiger partial charge in [0.2, 0.25) is 0 Å². The molecular formula is C18H19Cl2N3O. The lowest BCUT2D eigenvalue weighted by molar-refractivity contribution is 0.0954. The van der Waals surface area contributed by atoms with Gasteiger partial charge in [0.15, 0.2) is 0 Å². The topological polar surface area (TPSA) is 45.2 Å². The van der Waals surface area contributed by atoms with Gasteiger partial charge in [0.25, 0.3) is 5.91 Å². The van der Waals surface area contributed by atoms with Crippen molar-refractivity contribution in [2.45, 2.75) is 19.3 Å². The molecule has 1 N–H and O–H groups in total. The second-order valence-electron chi connectivity index (χ2n) is 5.84. The maximum Gasteiger partial charge on any atom is 0.252 e. The molecule has 1 saturated heterocycles. The molecule has 1 aliphatic rings. The third-order valence-corrected chi connectivity index (χ3v) is 4.72. The number of aromatic nitrogens is 1. The number of amides is 1. The third-order valence-electron chi connectivity index (χ3n) is 4.14. The Balaban J connectivity index is 1.53. The van der Waals surface area contributed by atoms with Crippen LogP contribution in [-0.2, 0) is 6.42 Å². The van der Waals surface area contributed by atoms with Gasteiger partial charge < -0.3 is 10.2 Å². The lowest BCUT2D eigenvalue weighted by atomic mass is 10.1. The predicted octanol–water partition coefficient (Wildman–Crippen LogP) is 3.96. The average molecular weight is 364 g/mol. The summed E-state index contributed by atoms with van der Waals surface area (Å²) in [6.07, 6.45) is 4.70. The van der Waals surface area contributed by atoms with Crippen LogP contribution in [0.3, 0.4) is 0 Å². The van der Waals surface area contributed by atoms with Crippen LogP contribution in [0.4, 0.5) is 5.82 Å². The number of rotatable bonds is 5. The normalized spacial score (nSPS) is 14.0. The molecule has 126 valence electrons. The molecule has 1 aliphatic heterocycles. The molecule has 0 bridgehead atoms. The van der Waals surface area contributed by atoms with Crippen molar-refractivity contribution in [1.82, 2.24) is 10.3 Å². The van der Waals surface area contributed by atoms with Gasteiger partial charge in [0.1, 0.15) is 5.82 Å². The Hall–Kier alpha value is -1.78. The molecule has 0 saturated carbocycles. The first-order valence-corrected chi connectivity index (χ1v) is 8.82. The van der Waals surface area contributed by atoms with Crippen molar-refractivity contribution in [3.8, 4) is 0 Å². The predicted molar refractivity (Wildman–Crippen MR) is 98.2 cm³/mol. The summed E-state index contributed by atoms with van der Waals surface area (Å²) in [5.41, 5.74) is 1.53. The van der Waals surface area contributed by atoms with Crippen molar-refractivity contribution < 1.29 is 4.79 Å². The molecule has 0 atom stereocenters. The van der Waals surface area contributed by atoms with Crippen LogP contribution in [0.5, 0.6) is 0 Å². The van der Waals surface area contributed by atoms with E-state index in [1.54, 1.807) is 18.3 Å². The van der Waals surface area contributed by atoms with Gasteiger partial charge in [-0.15, -0.1) is 0 Å². The van der Waals surface area contributed by atoms with Crippen molar-refractivity contribution in [3.05, 3.63) is 57.7 Å². The van der Waals surface area contributed by atoms with Gasteiger partial charge in [-0.05, 0) is 49.1 Å². The minimum atomic E-state index is -0.124. The van der Waals surface area contributed by atoms with Crippen LogP contribution in [0.1, 0.15) is 28.8 Å². The molecule has 0 unspecified atom stereocenters. The molecule has 4 nitrogen and oxygen atoms in total. The number of carbonyl (C=O) groups is 1. The van der Waals surface area contributed by atoms with Crippen molar-refractivity contribution in [2.24, 2.45) is 0 Å². The van der Waals surface area contributed by atoms with Gasteiger partial charge in [-0.25, -0.2) is 4.98 Å². The maximum absolute atomic E-state index is 12.2. The Bertz CT molecular complexity index is 713. The standard InChI is InChI=1S/C18H19Cl2N3O/c19-15-5-3-13(16(20)11-15)7-8-21-18(24)14-4-6-17(22-12-14)23-9-1-2-10-23/h3-6,11-12H,1-2,7-10H2,(H,21,24). The Morgan fingerprint density at radius 1 is 1.17 bits per heavy atom. The lowest BCUT2D eigenvalue weighted by Gasteiger charge is -2.16. The third kappa shape index (κ3) is 4.19. The molecule has 0 radical (unpaired) electrons. The second-order valence-corrected chi connectivity index (χ2v) is 6.68. The Kier molecular flexibility index (Phi) is 5.59. The molecule has 1 amide bonds. The molecule has 3 rings (SSSR count). The SMILES string of the molecule is O=C(NCCc1ccc(Cl)cc1Cl)c1ccc(N2CCCC2)nc1. The van der Waals surface area contributed by atoms with E-state index in [2.05, 4.69) is 15.2 Å². The molecule has 1 fully saturated rings. The zero-order chi connectivity index (χ0) is 16.9. The smallest absolute Gasteiger partial charge is 0.252 e. The number of benzene rings is 1. The van der Waals surface area contributed by atoms with Crippen molar-refractivity contribution in [1.29, 1.82) is 0 Å². The molecule has 1 aromatic heterocycles. The first-order valence-electron chi connectivity index (χ1n) is 8.06. The van der Waals surface area contributed by atoms with E-state index in [1.807, 2.05) is 18.2 Å². The van der Waals surface area contributed by atoms with E-state index in [0.29, 0.717) is 28.6 Å². The van der Waals surface area contributed by atoms with E-state index in [-0.39, 0.29) is 5.91 Å². The minimum Gasteiger partial charge on any atom is -0.357 e. The zero-order valence-corrected chi connectivity index (χ0v) is 14.8. The van der Waals surface area contributed by atoms with Gasteiger partial charge in [-0.3, -0.25) is 4.79 Å². The Morgan fingerprint density at radius 3 is 2.62 bits per heavy atom. The molecular weight excluding hydrogens is 345 g/mol. The summed E-state index contributed by atoms with van der Waals surface area (Å²) in [6, 6.07) is 9.12. The molecule has 0 aliphatic carbocycles. The molecule has 1 aromatic carbocycles. The van der Waals surface area contributed by atoms with Gasteiger partial charge in [-0.2, -0.15) is 0 Å². The summed E-state index contributed by atoms with van der Waals surface area (Å²) in [5, 5.41) is 4.12. The fourth-order valence-electron chi connectivity index (χ4n) is 2.79. The molecule has 6 heteroatoms. The summed E-state index contributed by atoms with van der Waals surface area (Å²) in [6.45, 7) is 2.59. The van der Waals surface area contributed by atoms with E-state index < -0.39 is 0 Å². The van der Waals surface area contributed by atoms with Crippen LogP contribution >= 0.6 is 23.2 Å². The monoisotopic (exact) mass is 363 g/mol. The van der Waals surface area contributed by atoms with Crippen LogP contribution in [-0.4, -0.2) is 30.5 Å². The summed E-state index contributed by atoms with van der Waals surface area (Å²) in [4.78, 5) is 18.8. The van der Waals surface area contributed by atoms with E-state index >= 15 is 0 Å². The fraction of sp³-hybridized carbons (Fsp3) is 0.333. The largest absolute Gasteiger partial charge is 0.357 e. The summed E-state index contributed by atoms with van der Waals surface area (Å²) < 4.78 is 0. The van der Waals surface area contributed by atoms with Crippen molar-refractivity contribution in [3.63, 3.8) is 0 Å². The minimum absolute atomic E-state index is 0.124. The van der Waals surface area contributed by atoms with Crippen molar-refractivity contribution >= 4 is 34.9 Å². The number of halogens is 2. The number of carbonyl (C=O) groups excluding carboxylic acids is 1. The first kappa shape index (κ1) is 17.1.